The lowest BCUT2D eigenvalue weighted by atomic mass is 10.1. The molecule has 0 aliphatic carbocycles. The summed E-state index contributed by atoms with van der Waals surface area (Å²) in [7, 11) is 1.85. The molecule has 3 heteroatoms. The predicted octanol–water partition coefficient (Wildman–Crippen LogP) is 1.40. The minimum Gasteiger partial charge on any atom is -0.327 e. The molecular formula is C13H18N2O. The number of nitrogens with zero attached hydrogens (tertiary/aromatic N) is 1. The Bertz CT molecular complexity index is 386. The molecule has 86 valence electrons. The fourth-order valence-electron chi connectivity index (χ4n) is 2.08. The van der Waals surface area contributed by atoms with Gasteiger partial charge in [0.2, 0.25) is 5.91 Å². The van der Waals surface area contributed by atoms with Crippen molar-refractivity contribution in [3.8, 4) is 0 Å². The minimum absolute atomic E-state index is 0.0950. The molecule has 2 rings (SSSR count). The quantitative estimate of drug-likeness (QED) is 0.813. The van der Waals surface area contributed by atoms with Crippen LogP contribution in [-0.2, 0) is 11.2 Å². The second-order valence-corrected chi connectivity index (χ2v) is 4.84. The average Bonchev–Trinajstić information content (AvgIpc) is 2.44. The predicted molar refractivity (Wildman–Crippen MR) is 63.9 cm³/mol. The molecule has 0 unspecified atom stereocenters. The normalized spacial score (nSPS) is 23.8. The van der Waals surface area contributed by atoms with Gasteiger partial charge in [-0.15, -0.1) is 0 Å². The monoisotopic (exact) mass is 218 g/mol. The summed E-state index contributed by atoms with van der Waals surface area (Å²) in [5.41, 5.74) is 0.954. The van der Waals surface area contributed by atoms with Crippen molar-refractivity contribution in [2.75, 3.05) is 7.05 Å². The van der Waals surface area contributed by atoms with Crippen molar-refractivity contribution >= 4 is 5.91 Å². The van der Waals surface area contributed by atoms with Crippen LogP contribution < -0.4 is 5.32 Å². The molecule has 0 spiro atoms. The largest absolute Gasteiger partial charge is 0.327 e. The molecule has 1 amide bonds. The SMILES string of the molecule is CN1C(=O)[C@@H](Cc2ccccc2)NC1(C)C. The van der Waals surface area contributed by atoms with E-state index in [9.17, 15) is 4.79 Å². The molecule has 1 aromatic carbocycles. The lowest BCUT2D eigenvalue weighted by molar-refractivity contribution is -0.129. The van der Waals surface area contributed by atoms with Crippen LogP contribution in [0.15, 0.2) is 30.3 Å². The smallest absolute Gasteiger partial charge is 0.241 e. The zero-order valence-corrected chi connectivity index (χ0v) is 10.0. The molecule has 1 aliphatic heterocycles. The number of nitrogens with one attached hydrogen (secondary N) is 1. The number of hydrogen-bond acceptors (Lipinski definition) is 2. The fourth-order valence-corrected chi connectivity index (χ4v) is 2.08. The third-order valence-electron chi connectivity index (χ3n) is 3.28. The number of carbonyl (C=O) groups is 1. The molecule has 3 nitrogen and oxygen atoms in total. The molecule has 0 saturated carbocycles. The summed E-state index contributed by atoms with van der Waals surface area (Å²) in [4.78, 5) is 13.8. The van der Waals surface area contributed by atoms with Gasteiger partial charge in [-0.3, -0.25) is 10.1 Å². The van der Waals surface area contributed by atoms with Crippen LogP contribution in [0.1, 0.15) is 19.4 Å². The van der Waals surface area contributed by atoms with Crippen molar-refractivity contribution in [3.05, 3.63) is 35.9 Å². The topological polar surface area (TPSA) is 32.3 Å². The van der Waals surface area contributed by atoms with E-state index >= 15 is 0 Å². The Labute approximate surface area is 96.5 Å². The van der Waals surface area contributed by atoms with Crippen molar-refractivity contribution in [1.29, 1.82) is 0 Å². The van der Waals surface area contributed by atoms with Crippen molar-refractivity contribution in [2.24, 2.45) is 0 Å². The lowest BCUT2D eigenvalue weighted by Gasteiger charge is -2.27. The average molecular weight is 218 g/mol. The van der Waals surface area contributed by atoms with Crippen LogP contribution in [0.3, 0.4) is 0 Å². The maximum Gasteiger partial charge on any atom is 0.241 e. The van der Waals surface area contributed by atoms with Gasteiger partial charge in [-0.2, -0.15) is 0 Å². The number of rotatable bonds is 2. The van der Waals surface area contributed by atoms with Gasteiger partial charge in [0.25, 0.3) is 0 Å². The first-order valence-electron chi connectivity index (χ1n) is 5.60. The first-order valence-corrected chi connectivity index (χ1v) is 5.60. The van der Waals surface area contributed by atoms with Crippen LogP contribution in [0, 0.1) is 0 Å². The number of benzene rings is 1. The van der Waals surface area contributed by atoms with E-state index in [0.29, 0.717) is 0 Å². The van der Waals surface area contributed by atoms with Crippen LogP contribution >= 0.6 is 0 Å². The number of amides is 1. The summed E-state index contributed by atoms with van der Waals surface area (Å²) in [5.74, 6) is 0.175. The third kappa shape index (κ3) is 1.95. The third-order valence-corrected chi connectivity index (χ3v) is 3.28. The summed E-state index contributed by atoms with van der Waals surface area (Å²) in [6, 6.07) is 10.0. The highest BCUT2D eigenvalue weighted by molar-refractivity contribution is 5.85. The Balaban J connectivity index is 2.11. The highest BCUT2D eigenvalue weighted by atomic mass is 16.2. The fraction of sp³-hybridized carbons (Fsp3) is 0.462. The first-order chi connectivity index (χ1) is 7.50. The van der Waals surface area contributed by atoms with Crippen LogP contribution in [0.2, 0.25) is 0 Å². The minimum atomic E-state index is -0.240. The van der Waals surface area contributed by atoms with Crippen LogP contribution in [0.4, 0.5) is 0 Å². The van der Waals surface area contributed by atoms with Crippen molar-refractivity contribution in [1.82, 2.24) is 10.2 Å². The number of carbonyl (C=O) groups excluding carboxylic acids is 1. The van der Waals surface area contributed by atoms with Gasteiger partial charge < -0.3 is 4.90 Å². The zero-order valence-electron chi connectivity index (χ0n) is 10.0. The molecule has 1 fully saturated rings. The molecule has 16 heavy (non-hydrogen) atoms. The van der Waals surface area contributed by atoms with Crippen molar-refractivity contribution in [2.45, 2.75) is 32.0 Å². The molecule has 0 bridgehead atoms. The molecule has 1 N–H and O–H groups in total. The van der Waals surface area contributed by atoms with E-state index in [0.717, 1.165) is 6.42 Å². The number of likely N-dealkylation sites (N-methyl/N-ethyl adjacent to an activating group) is 1. The molecule has 0 radical (unpaired) electrons. The number of hydrogen-bond donors (Lipinski definition) is 1. The van der Waals surface area contributed by atoms with Crippen LogP contribution in [0.5, 0.6) is 0 Å². The van der Waals surface area contributed by atoms with E-state index < -0.39 is 0 Å². The highest BCUT2D eigenvalue weighted by Gasteiger charge is 2.41. The van der Waals surface area contributed by atoms with Gasteiger partial charge in [-0.1, -0.05) is 30.3 Å². The summed E-state index contributed by atoms with van der Waals surface area (Å²) in [5, 5.41) is 3.35. The van der Waals surface area contributed by atoms with Gasteiger partial charge in [0, 0.05) is 7.05 Å². The van der Waals surface area contributed by atoms with Crippen LogP contribution in [-0.4, -0.2) is 29.6 Å². The van der Waals surface area contributed by atoms with E-state index in [1.54, 1.807) is 4.90 Å². The van der Waals surface area contributed by atoms with Gasteiger partial charge >= 0.3 is 0 Å². The van der Waals surface area contributed by atoms with Gasteiger partial charge in [-0.05, 0) is 25.8 Å². The first kappa shape index (κ1) is 11.1. The van der Waals surface area contributed by atoms with Crippen LogP contribution in [0.25, 0.3) is 0 Å². The van der Waals surface area contributed by atoms with E-state index in [2.05, 4.69) is 17.4 Å². The standard InChI is InChI=1S/C13H18N2O/c1-13(2)14-11(12(16)15(13)3)9-10-7-5-4-6-8-10/h4-8,11,14H,9H2,1-3H3/t11-/m1/s1. The Hall–Kier alpha value is -1.35. The van der Waals surface area contributed by atoms with Gasteiger partial charge in [0.15, 0.2) is 0 Å². The molecular weight excluding hydrogens is 200 g/mol. The van der Waals surface area contributed by atoms with Gasteiger partial charge in [-0.25, -0.2) is 0 Å². The summed E-state index contributed by atoms with van der Waals surface area (Å²) < 4.78 is 0. The maximum absolute atomic E-state index is 12.0. The molecule has 0 aromatic heterocycles. The van der Waals surface area contributed by atoms with Gasteiger partial charge in [0.05, 0.1) is 11.7 Å². The maximum atomic E-state index is 12.0. The Kier molecular flexibility index (Phi) is 2.72. The van der Waals surface area contributed by atoms with Crippen molar-refractivity contribution < 1.29 is 4.79 Å². The molecule has 1 atom stereocenters. The summed E-state index contributed by atoms with van der Waals surface area (Å²) in [6.45, 7) is 4.05. The van der Waals surface area contributed by atoms with E-state index in [1.807, 2.05) is 39.1 Å². The summed E-state index contributed by atoms with van der Waals surface area (Å²) >= 11 is 0. The molecule has 1 heterocycles. The van der Waals surface area contributed by atoms with E-state index in [1.165, 1.54) is 5.56 Å². The van der Waals surface area contributed by atoms with E-state index in [-0.39, 0.29) is 17.6 Å². The summed E-state index contributed by atoms with van der Waals surface area (Å²) in [6.07, 6.45) is 0.757. The van der Waals surface area contributed by atoms with Crippen molar-refractivity contribution in [3.63, 3.8) is 0 Å². The molecule has 1 aromatic rings. The zero-order chi connectivity index (χ0) is 11.8. The highest BCUT2D eigenvalue weighted by Crippen LogP contribution is 2.20. The second-order valence-electron chi connectivity index (χ2n) is 4.84. The Morgan fingerprint density at radius 2 is 1.94 bits per heavy atom. The Morgan fingerprint density at radius 3 is 2.44 bits per heavy atom. The lowest BCUT2D eigenvalue weighted by Crippen LogP contribution is -2.45. The Morgan fingerprint density at radius 1 is 1.31 bits per heavy atom. The van der Waals surface area contributed by atoms with E-state index in [4.69, 9.17) is 0 Å². The van der Waals surface area contributed by atoms with Gasteiger partial charge in [0.1, 0.15) is 0 Å². The molecule has 1 saturated heterocycles. The molecule has 1 aliphatic rings. The second kappa shape index (κ2) is 3.91.